The normalized spacial score (nSPS) is 11.2. The number of nitrogens with one attached hydrogen (secondary N) is 1. The second kappa shape index (κ2) is 6.82. The van der Waals surface area contributed by atoms with Gasteiger partial charge in [0, 0.05) is 16.6 Å². The Hall–Kier alpha value is -1.73. The van der Waals surface area contributed by atoms with Gasteiger partial charge in [-0.25, -0.2) is 8.78 Å². The zero-order valence-electron chi connectivity index (χ0n) is 11.5. The van der Waals surface area contributed by atoms with Crippen LogP contribution < -0.4 is 11.1 Å². The molecule has 0 aliphatic rings. The molecule has 4 nitrogen and oxygen atoms in total. The largest absolute Gasteiger partial charge is 0.397 e. The Bertz CT molecular complexity index is 643. The third kappa shape index (κ3) is 3.89. The van der Waals surface area contributed by atoms with Gasteiger partial charge in [-0.15, -0.1) is 11.3 Å². The highest BCUT2D eigenvalue weighted by atomic mass is 32.1. The van der Waals surface area contributed by atoms with Crippen LogP contribution in [0.1, 0.15) is 15.2 Å². The lowest BCUT2D eigenvalue weighted by molar-refractivity contribution is 0.0188. The summed E-state index contributed by atoms with van der Waals surface area (Å²) in [6, 6.07) is 5.82. The fourth-order valence-electron chi connectivity index (χ4n) is 1.89. The average Bonchev–Trinajstić information content (AvgIpc) is 2.75. The molecule has 0 fully saturated rings. The van der Waals surface area contributed by atoms with Gasteiger partial charge in [-0.1, -0.05) is 11.6 Å². The number of thiophene rings is 1. The molecule has 0 saturated carbocycles. The lowest BCUT2D eigenvalue weighted by Gasteiger charge is -2.05. The second-order valence-corrected chi connectivity index (χ2v) is 5.62. The van der Waals surface area contributed by atoms with E-state index in [4.69, 9.17) is 10.5 Å². The lowest BCUT2D eigenvalue weighted by Crippen LogP contribution is -2.27. The van der Waals surface area contributed by atoms with E-state index in [1.807, 2.05) is 25.1 Å². The van der Waals surface area contributed by atoms with Gasteiger partial charge in [0.15, 0.2) is 0 Å². The molecule has 2 rings (SSSR count). The number of hydrogen-bond donors (Lipinski definition) is 2. The van der Waals surface area contributed by atoms with E-state index in [0.717, 1.165) is 15.6 Å². The Morgan fingerprint density at radius 2 is 2.24 bits per heavy atom. The average molecular weight is 314 g/mol. The van der Waals surface area contributed by atoms with Crippen molar-refractivity contribution < 1.29 is 18.3 Å². The zero-order valence-corrected chi connectivity index (χ0v) is 12.3. The molecular formula is C14H16F2N2O2S. The van der Waals surface area contributed by atoms with Crippen LogP contribution in [0.3, 0.4) is 0 Å². The van der Waals surface area contributed by atoms with Gasteiger partial charge in [-0.3, -0.25) is 4.79 Å². The maximum Gasteiger partial charge on any atom is 0.263 e. The fourth-order valence-corrected chi connectivity index (χ4v) is 2.91. The maximum absolute atomic E-state index is 12.0. The molecule has 2 aromatic rings. The molecule has 7 heteroatoms. The number of hydrogen-bond acceptors (Lipinski definition) is 4. The standard InChI is InChI=1S/C14H16F2N2O2S/c1-8-2-3-10-9(6-8)12(17)13(21-10)14(19)18-4-5-20-7-11(15)16/h2-3,6,11H,4-5,7,17H2,1H3,(H,18,19). The Morgan fingerprint density at radius 1 is 1.48 bits per heavy atom. The molecule has 0 radical (unpaired) electrons. The molecule has 0 bridgehead atoms. The molecule has 0 saturated heterocycles. The number of ether oxygens (including phenoxy) is 1. The smallest absolute Gasteiger partial charge is 0.263 e. The molecule has 1 aromatic carbocycles. The summed E-state index contributed by atoms with van der Waals surface area (Å²) in [5.74, 6) is -0.313. The number of amides is 1. The second-order valence-electron chi connectivity index (χ2n) is 4.57. The fraction of sp³-hybridized carbons (Fsp3) is 0.357. The third-order valence-electron chi connectivity index (χ3n) is 2.86. The number of nitrogens with two attached hydrogens (primary N) is 1. The molecule has 1 amide bonds. The zero-order chi connectivity index (χ0) is 15.4. The summed E-state index contributed by atoms with van der Waals surface area (Å²) in [5, 5.41) is 3.47. The number of nitrogen functional groups attached to an aromatic ring is 1. The highest BCUT2D eigenvalue weighted by Gasteiger charge is 2.16. The van der Waals surface area contributed by atoms with Crippen LogP contribution in [0, 0.1) is 6.92 Å². The van der Waals surface area contributed by atoms with Gasteiger partial charge < -0.3 is 15.8 Å². The summed E-state index contributed by atoms with van der Waals surface area (Å²) in [7, 11) is 0. The molecule has 1 heterocycles. The van der Waals surface area contributed by atoms with Crippen LogP contribution in [0.4, 0.5) is 14.5 Å². The van der Waals surface area contributed by atoms with Crippen molar-refractivity contribution in [3.05, 3.63) is 28.6 Å². The number of rotatable bonds is 6. The van der Waals surface area contributed by atoms with Crippen molar-refractivity contribution in [3.8, 4) is 0 Å². The van der Waals surface area contributed by atoms with Crippen molar-refractivity contribution in [2.24, 2.45) is 0 Å². The molecule has 114 valence electrons. The van der Waals surface area contributed by atoms with Crippen molar-refractivity contribution in [3.63, 3.8) is 0 Å². The van der Waals surface area contributed by atoms with E-state index in [9.17, 15) is 13.6 Å². The predicted molar refractivity (Wildman–Crippen MR) is 80.1 cm³/mol. The van der Waals surface area contributed by atoms with Crippen LogP contribution in [-0.4, -0.2) is 32.1 Å². The maximum atomic E-state index is 12.0. The Balaban J connectivity index is 1.98. The van der Waals surface area contributed by atoms with E-state index in [1.165, 1.54) is 11.3 Å². The number of carbonyl (C=O) groups is 1. The first-order valence-corrected chi connectivity index (χ1v) is 7.23. The summed E-state index contributed by atoms with van der Waals surface area (Å²) in [6.45, 7) is 1.54. The molecule has 0 unspecified atom stereocenters. The molecule has 0 spiro atoms. The van der Waals surface area contributed by atoms with Crippen molar-refractivity contribution in [2.45, 2.75) is 13.3 Å². The van der Waals surface area contributed by atoms with Crippen LogP contribution in [0.15, 0.2) is 18.2 Å². The number of carbonyl (C=O) groups excluding carboxylic acids is 1. The van der Waals surface area contributed by atoms with Gasteiger partial charge in [0.25, 0.3) is 12.3 Å². The van der Waals surface area contributed by atoms with Crippen LogP contribution in [0.2, 0.25) is 0 Å². The SMILES string of the molecule is Cc1ccc2sc(C(=O)NCCOCC(F)F)c(N)c2c1. The number of fused-ring (bicyclic) bond motifs is 1. The number of alkyl halides is 2. The molecule has 3 N–H and O–H groups in total. The Labute approximate surface area is 124 Å². The number of benzene rings is 1. The highest BCUT2D eigenvalue weighted by molar-refractivity contribution is 7.21. The molecule has 0 atom stereocenters. The lowest BCUT2D eigenvalue weighted by atomic mass is 10.1. The van der Waals surface area contributed by atoms with Crippen LogP contribution in [-0.2, 0) is 4.74 Å². The van der Waals surface area contributed by atoms with Crippen LogP contribution >= 0.6 is 11.3 Å². The molecular weight excluding hydrogens is 298 g/mol. The Morgan fingerprint density at radius 3 is 2.95 bits per heavy atom. The first-order valence-electron chi connectivity index (χ1n) is 6.41. The van der Waals surface area contributed by atoms with Crippen molar-refractivity contribution in [1.82, 2.24) is 5.32 Å². The van der Waals surface area contributed by atoms with Crippen molar-refractivity contribution >= 4 is 33.0 Å². The first-order chi connectivity index (χ1) is 9.99. The van der Waals surface area contributed by atoms with E-state index >= 15 is 0 Å². The summed E-state index contributed by atoms with van der Waals surface area (Å²) >= 11 is 1.31. The van der Waals surface area contributed by atoms with E-state index < -0.39 is 13.0 Å². The first kappa shape index (κ1) is 15.7. The van der Waals surface area contributed by atoms with Gasteiger partial charge >= 0.3 is 0 Å². The van der Waals surface area contributed by atoms with E-state index in [1.54, 1.807) is 0 Å². The Kier molecular flexibility index (Phi) is 5.08. The van der Waals surface area contributed by atoms with Gasteiger partial charge in [0.2, 0.25) is 0 Å². The quantitative estimate of drug-likeness (QED) is 0.806. The van der Waals surface area contributed by atoms with E-state index in [2.05, 4.69) is 5.32 Å². The van der Waals surface area contributed by atoms with E-state index in [0.29, 0.717) is 10.6 Å². The minimum absolute atomic E-state index is 0.0417. The van der Waals surface area contributed by atoms with Crippen LogP contribution in [0.5, 0.6) is 0 Å². The van der Waals surface area contributed by atoms with Gasteiger partial charge in [0.05, 0.1) is 12.3 Å². The molecule has 21 heavy (non-hydrogen) atoms. The number of aryl methyl sites for hydroxylation is 1. The van der Waals surface area contributed by atoms with Gasteiger partial charge in [-0.2, -0.15) is 0 Å². The summed E-state index contributed by atoms with van der Waals surface area (Å²) in [4.78, 5) is 12.5. The highest BCUT2D eigenvalue weighted by Crippen LogP contribution is 2.34. The van der Waals surface area contributed by atoms with Crippen molar-refractivity contribution in [2.75, 3.05) is 25.5 Å². The topological polar surface area (TPSA) is 64.3 Å². The van der Waals surface area contributed by atoms with Crippen molar-refractivity contribution in [1.29, 1.82) is 0 Å². The van der Waals surface area contributed by atoms with E-state index in [-0.39, 0.29) is 19.1 Å². The molecule has 0 aliphatic carbocycles. The third-order valence-corrected chi connectivity index (χ3v) is 4.05. The molecule has 0 aliphatic heterocycles. The van der Waals surface area contributed by atoms with Gasteiger partial charge in [-0.05, 0) is 19.1 Å². The predicted octanol–water partition coefficient (Wildman–Crippen LogP) is 2.80. The molecule has 1 aromatic heterocycles. The summed E-state index contributed by atoms with van der Waals surface area (Å²) in [6.07, 6.45) is -2.50. The number of halogens is 2. The van der Waals surface area contributed by atoms with Crippen LogP contribution in [0.25, 0.3) is 10.1 Å². The monoisotopic (exact) mass is 314 g/mol. The summed E-state index contributed by atoms with van der Waals surface area (Å²) in [5.41, 5.74) is 7.52. The minimum Gasteiger partial charge on any atom is -0.397 e. The van der Waals surface area contributed by atoms with Gasteiger partial charge in [0.1, 0.15) is 11.5 Å². The summed E-state index contributed by atoms with van der Waals surface area (Å²) < 4.78 is 29.4. The minimum atomic E-state index is -2.50. The number of anilines is 1.